The van der Waals surface area contributed by atoms with Gasteiger partial charge in [0.2, 0.25) is 0 Å². The van der Waals surface area contributed by atoms with Gasteiger partial charge in [0.15, 0.2) is 0 Å². The first kappa shape index (κ1) is 22.3. The highest BCUT2D eigenvalue weighted by Gasteiger charge is 2.19. The van der Waals surface area contributed by atoms with Gasteiger partial charge < -0.3 is 26.2 Å². The molecule has 7 heteroatoms. The Morgan fingerprint density at radius 2 is 1.63 bits per heavy atom. The lowest BCUT2D eigenvalue weighted by atomic mass is 9.98. The van der Waals surface area contributed by atoms with E-state index >= 15 is 0 Å². The number of hydrogen-bond acceptors (Lipinski definition) is 6. The molecule has 0 saturated carbocycles. The molecule has 2 aromatic carbocycles. The number of halogens is 1. The van der Waals surface area contributed by atoms with Crippen LogP contribution >= 0.6 is 0 Å². The summed E-state index contributed by atoms with van der Waals surface area (Å²) in [5, 5.41) is 23.3. The van der Waals surface area contributed by atoms with E-state index in [1.165, 1.54) is 12.1 Å². The number of likely N-dealkylation sites (N-methyl/N-ethyl adjacent to an activating group) is 1. The molecular weight excluding hydrogens is 383 g/mol. The van der Waals surface area contributed by atoms with Gasteiger partial charge in [-0.2, -0.15) is 0 Å². The number of aromatic hydroxyl groups is 2. The Balaban J connectivity index is 1.68. The van der Waals surface area contributed by atoms with E-state index in [-0.39, 0.29) is 23.2 Å². The molecule has 1 unspecified atom stereocenters. The van der Waals surface area contributed by atoms with Gasteiger partial charge in [0.25, 0.3) is 0 Å². The molecule has 2 aromatic rings. The van der Waals surface area contributed by atoms with Crippen LogP contribution in [0.2, 0.25) is 0 Å². The Hall–Kier alpha value is -2.35. The summed E-state index contributed by atoms with van der Waals surface area (Å²) < 4.78 is 14.7. The standard InChI is InChI=1S/C23H33FN4O2/c1-4-27-7-9-28(10-8-27)14-16-5-6-17(11-20(16)24)26-23(25)19-12-18(15(2)3)21(29)13-22(19)30/h5-6,11-13,15,23,26,29-30H,4,7-10,14,25H2,1-3H3. The third kappa shape index (κ3) is 5.22. The second-order valence-corrected chi connectivity index (χ2v) is 8.26. The van der Waals surface area contributed by atoms with Crippen molar-refractivity contribution in [3.8, 4) is 11.5 Å². The number of nitrogens with one attached hydrogen (secondary N) is 1. The number of benzene rings is 2. The van der Waals surface area contributed by atoms with Crippen LogP contribution in [0.25, 0.3) is 0 Å². The Bertz CT molecular complexity index is 867. The molecule has 164 valence electrons. The van der Waals surface area contributed by atoms with Crippen LogP contribution in [0.15, 0.2) is 30.3 Å². The zero-order valence-electron chi connectivity index (χ0n) is 18.0. The number of anilines is 1. The second-order valence-electron chi connectivity index (χ2n) is 8.26. The van der Waals surface area contributed by atoms with E-state index in [0.717, 1.165) is 32.7 Å². The Labute approximate surface area is 178 Å². The lowest BCUT2D eigenvalue weighted by molar-refractivity contribution is 0.131. The Morgan fingerprint density at radius 1 is 1.00 bits per heavy atom. The summed E-state index contributed by atoms with van der Waals surface area (Å²) in [6, 6.07) is 8.02. The summed E-state index contributed by atoms with van der Waals surface area (Å²) in [6.07, 6.45) is -0.740. The molecule has 0 amide bonds. The Morgan fingerprint density at radius 3 is 2.23 bits per heavy atom. The van der Waals surface area contributed by atoms with E-state index in [2.05, 4.69) is 22.0 Å². The molecule has 3 rings (SSSR count). The summed E-state index contributed by atoms with van der Waals surface area (Å²) in [5.74, 6) is -0.260. The van der Waals surface area contributed by atoms with Gasteiger partial charge in [-0.15, -0.1) is 0 Å². The molecule has 1 aliphatic heterocycles. The lowest BCUT2D eigenvalue weighted by Gasteiger charge is -2.34. The largest absolute Gasteiger partial charge is 0.508 e. The molecule has 0 aliphatic carbocycles. The van der Waals surface area contributed by atoms with Crippen molar-refractivity contribution in [2.24, 2.45) is 5.73 Å². The predicted molar refractivity (Wildman–Crippen MR) is 118 cm³/mol. The monoisotopic (exact) mass is 416 g/mol. The van der Waals surface area contributed by atoms with Crippen LogP contribution in [0.3, 0.4) is 0 Å². The van der Waals surface area contributed by atoms with Crippen molar-refractivity contribution in [2.45, 2.75) is 39.4 Å². The maximum atomic E-state index is 14.7. The van der Waals surface area contributed by atoms with E-state index in [1.54, 1.807) is 18.2 Å². The van der Waals surface area contributed by atoms with Crippen LogP contribution in [0.5, 0.6) is 11.5 Å². The molecule has 1 atom stereocenters. The summed E-state index contributed by atoms with van der Waals surface area (Å²) in [5.41, 5.74) is 8.58. The molecule has 0 aromatic heterocycles. The number of phenolic OH excluding ortho intramolecular Hbond substituents is 2. The maximum Gasteiger partial charge on any atom is 0.129 e. The average molecular weight is 417 g/mol. The van der Waals surface area contributed by atoms with Crippen LogP contribution in [0.4, 0.5) is 10.1 Å². The molecule has 1 heterocycles. The lowest BCUT2D eigenvalue weighted by Crippen LogP contribution is -2.45. The van der Waals surface area contributed by atoms with E-state index in [9.17, 15) is 14.6 Å². The van der Waals surface area contributed by atoms with E-state index < -0.39 is 6.17 Å². The normalized spacial score (nSPS) is 16.7. The zero-order valence-corrected chi connectivity index (χ0v) is 18.0. The number of rotatable bonds is 7. The third-order valence-corrected chi connectivity index (χ3v) is 5.81. The van der Waals surface area contributed by atoms with Crippen LogP contribution in [0.1, 0.15) is 49.5 Å². The van der Waals surface area contributed by atoms with Gasteiger partial charge in [-0.25, -0.2) is 4.39 Å². The van der Waals surface area contributed by atoms with Crippen molar-refractivity contribution in [1.29, 1.82) is 0 Å². The van der Waals surface area contributed by atoms with Crippen LogP contribution in [0, 0.1) is 5.82 Å². The average Bonchev–Trinajstić information content (AvgIpc) is 2.70. The predicted octanol–water partition coefficient (Wildman–Crippen LogP) is 3.57. The summed E-state index contributed by atoms with van der Waals surface area (Å²) >= 11 is 0. The maximum absolute atomic E-state index is 14.7. The first-order chi connectivity index (χ1) is 14.3. The Kier molecular flexibility index (Phi) is 7.18. The first-order valence-electron chi connectivity index (χ1n) is 10.6. The molecule has 0 radical (unpaired) electrons. The number of piperazine rings is 1. The van der Waals surface area contributed by atoms with Gasteiger partial charge >= 0.3 is 0 Å². The van der Waals surface area contributed by atoms with Gasteiger partial charge in [-0.3, -0.25) is 4.90 Å². The SMILES string of the molecule is CCN1CCN(Cc2ccc(NC(N)c3cc(C(C)C)c(O)cc3O)cc2F)CC1. The minimum atomic E-state index is -0.740. The van der Waals surface area contributed by atoms with Crippen LogP contribution in [-0.2, 0) is 6.54 Å². The fraction of sp³-hybridized carbons (Fsp3) is 0.478. The minimum absolute atomic E-state index is 0.0358. The highest BCUT2D eigenvalue weighted by atomic mass is 19.1. The van der Waals surface area contributed by atoms with Crippen molar-refractivity contribution >= 4 is 5.69 Å². The van der Waals surface area contributed by atoms with Crippen LogP contribution in [-0.4, -0.2) is 52.7 Å². The van der Waals surface area contributed by atoms with Gasteiger partial charge in [0, 0.05) is 55.6 Å². The van der Waals surface area contributed by atoms with Gasteiger partial charge in [0.1, 0.15) is 23.5 Å². The summed E-state index contributed by atoms with van der Waals surface area (Å²) in [7, 11) is 0. The molecule has 30 heavy (non-hydrogen) atoms. The number of nitrogens with two attached hydrogens (primary N) is 1. The zero-order chi connectivity index (χ0) is 21.8. The fourth-order valence-corrected chi connectivity index (χ4v) is 3.85. The molecule has 0 bridgehead atoms. The topological polar surface area (TPSA) is 85.0 Å². The van der Waals surface area contributed by atoms with Crippen molar-refractivity contribution in [1.82, 2.24) is 9.80 Å². The molecule has 0 spiro atoms. The number of phenols is 2. The highest BCUT2D eigenvalue weighted by molar-refractivity contribution is 5.52. The van der Waals surface area contributed by atoms with Gasteiger partial charge in [-0.1, -0.05) is 26.8 Å². The molecule has 1 fully saturated rings. The van der Waals surface area contributed by atoms with Crippen molar-refractivity contribution in [2.75, 3.05) is 38.0 Å². The van der Waals surface area contributed by atoms with Crippen molar-refractivity contribution < 1.29 is 14.6 Å². The van der Waals surface area contributed by atoms with E-state index in [4.69, 9.17) is 5.73 Å². The van der Waals surface area contributed by atoms with Crippen molar-refractivity contribution in [3.05, 3.63) is 52.8 Å². The van der Waals surface area contributed by atoms with Gasteiger partial charge in [0.05, 0.1) is 0 Å². The second kappa shape index (κ2) is 9.64. The molecular formula is C23H33FN4O2. The molecule has 6 nitrogen and oxygen atoms in total. The highest BCUT2D eigenvalue weighted by Crippen LogP contribution is 2.35. The molecule has 1 saturated heterocycles. The van der Waals surface area contributed by atoms with Crippen molar-refractivity contribution in [3.63, 3.8) is 0 Å². The molecule has 5 N–H and O–H groups in total. The third-order valence-electron chi connectivity index (χ3n) is 5.81. The summed E-state index contributed by atoms with van der Waals surface area (Å²) in [4.78, 5) is 4.66. The fourth-order valence-electron chi connectivity index (χ4n) is 3.85. The van der Waals surface area contributed by atoms with E-state index in [0.29, 0.717) is 28.9 Å². The summed E-state index contributed by atoms with van der Waals surface area (Å²) in [6.45, 7) is 11.6. The molecule has 1 aliphatic rings. The van der Waals surface area contributed by atoms with Crippen LogP contribution < -0.4 is 11.1 Å². The van der Waals surface area contributed by atoms with Gasteiger partial charge in [-0.05, 0) is 36.2 Å². The quantitative estimate of drug-likeness (QED) is 0.517. The first-order valence-corrected chi connectivity index (χ1v) is 10.6. The van der Waals surface area contributed by atoms with E-state index in [1.807, 2.05) is 13.8 Å². The smallest absolute Gasteiger partial charge is 0.129 e. The number of nitrogens with zero attached hydrogens (tertiary/aromatic N) is 2. The number of hydrogen-bond donors (Lipinski definition) is 4. The minimum Gasteiger partial charge on any atom is -0.508 e.